The largest absolute Gasteiger partial charge is 0.456 e. The lowest BCUT2D eigenvalue weighted by Gasteiger charge is -2.26. The molecule has 0 saturated carbocycles. The van der Waals surface area contributed by atoms with Crippen LogP contribution in [0, 0.1) is 0 Å². The van der Waals surface area contributed by atoms with Gasteiger partial charge in [0.15, 0.2) is 0 Å². The Bertz CT molecular complexity index is 2050. The minimum atomic E-state index is -0.0709. The standard InChI is InChI=1S/C39H29NO/c1-39(2)33-17-10-9-16-30(33)31-24-32-37(25-34(31)39)41-36-19-11-18-35(38(32)36)40(28-14-7-4-8-15-28)29-22-20-27(21-23-29)26-12-5-3-6-13-26/h3-25H,1-2H3. The summed E-state index contributed by atoms with van der Waals surface area (Å²) in [5.41, 5.74) is 12.8. The van der Waals surface area contributed by atoms with Gasteiger partial charge in [-0.2, -0.15) is 0 Å². The predicted octanol–water partition coefficient (Wildman–Crippen LogP) is 11.0. The Hall–Kier alpha value is -5.08. The Labute approximate surface area is 240 Å². The summed E-state index contributed by atoms with van der Waals surface area (Å²) < 4.78 is 6.58. The molecule has 1 aromatic heterocycles. The Morgan fingerprint density at radius 1 is 0.512 bits per heavy atom. The summed E-state index contributed by atoms with van der Waals surface area (Å²) in [5.74, 6) is 0. The van der Waals surface area contributed by atoms with Gasteiger partial charge in [-0.1, -0.05) is 105 Å². The highest BCUT2D eigenvalue weighted by Crippen LogP contribution is 2.52. The van der Waals surface area contributed by atoms with Crippen molar-refractivity contribution < 1.29 is 4.42 Å². The molecule has 0 aliphatic heterocycles. The SMILES string of the molecule is CC1(C)c2ccccc2-c2cc3c(cc21)oc1cccc(N(c2ccccc2)c2ccc(-c4ccccc4)cc2)c13. The summed E-state index contributed by atoms with van der Waals surface area (Å²) in [7, 11) is 0. The Kier molecular flexibility index (Phi) is 5.20. The van der Waals surface area contributed by atoms with E-state index in [2.05, 4.69) is 158 Å². The van der Waals surface area contributed by atoms with Gasteiger partial charge in [0, 0.05) is 22.2 Å². The summed E-state index contributed by atoms with van der Waals surface area (Å²) >= 11 is 0. The molecule has 7 aromatic rings. The van der Waals surface area contributed by atoms with Crippen molar-refractivity contribution in [2.24, 2.45) is 0 Å². The van der Waals surface area contributed by atoms with E-state index in [9.17, 15) is 0 Å². The second-order valence-electron chi connectivity index (χ2n) is 11.4. The number of nitrogens with zero attached hydrogens (tertiary/aromatic N) is 1. The van der Waals surface area contributed by atoms with Gasteiger partial charge in [-0.25, -0.2) is 0 Å². The van der Waals surface area contributed by atoms with Gasteiger partial charge in [0.2, 0.25) is 0 Å². The maximum atomic E-state index is 6.58. The Morgan fingerprint density at radius 2 is 1.17 bits per heavy atom. The highest BCUT2D eigenvalue weighted by molar-refractivity contribution is 6.15. The molecular weight excluding hydrogens is 498 g/mol. The molecule has 0 bridgehead atoms. The first-order chi connectivity index (χ1) is 20.1. The van der Waals surface area contributed by atoms with Crippen LogP contribution in [0.3, 0.4) is 0 Å². The van der Waals surface area contributed by atoms with E-state index in [1.807, 2.05) is 0 Å². The minimum Gasteiger partial charge on any atom is -0.456 e. The van der Waals surface area contributed by atoms with Crippen molar-refractivity contribution in [3.8, 4) is 22.3 Å². The van der Waals surface area contributed by atoms with E-state index in [0.29, 0.717) is 0 Å². The van der Waals surface area contributed by atoms with Gasteiger partial charge in [-0.3, -0.25) is 0 Å². The van der Waals surface area contributed by atoms with E-state index in [4.69, 9.17) is 4.42 Å². The molecule has 41 heavy (non-hydrogen) atoms. The molecule has 0 unspecified atom stereocenters. The Morgan fingerprint density at radius 3 is 1.95 bits per heavy atom. The number of rotatable bonds is 4. The van der Waals surface area contributed by atoms with E-state index in [-0.39, 0.29) is 5.41 Å². The average Bonchev–Trinajstić information content (AvgIpc) is 3.50. The van der Waals surface area contributed by atoms with Crippen LogP contribution in [0.2, 0.25) is 0 Å². The van der Waals surface area contributed by atoms with Gasteiger partial charge in [-0.05, 0) is 81.9 Å². The number of hydrogen-bond donors (Lipinski definition) is 0. The van der Waals surface area contributed by atoms with Crippen LogP contribution in [0.5, 0.6) is 0 Å². The van der Waals surface area contributed by atoms with Gasteiger partial charge >= 0.3 is 0 Å². The van der Waals surface area contributed by atoms with Gasteiger partial charge < -0.3 is 9.32 Å². The topological polar surface area (TPSA) is 16.4 Å². The zero-order chi connectivity index (χ0) is 27.6. The van der Waals surface area contributed by atoms with Crippen molar-refractivity contribution >= 4 is 39.0 Å². The fourth-order valence-electron chi connectivity index (χ4n) is 6.63. The molecule has 1 aliphatic rings. The lowest BCUT2D eigenvalue weighted by Crippen LogP contribution is -2.14. The average molecular weight is 528 g/mol. The van der Waals surface area contributed by atoms with Crippen molar-refractivity contribution in [1.29, 1.82) is 0 Å². The molecule has 196 valence electrons. The monoisotopic (exact) mass is 527 g/mol. The molecule has 2 heteroatoms. The fourth-order valence-corrected chi connectivity index (χ4v) is 6.63. The minimum absolute atomic E-state index is 0.0709. The molecule has 6 aromatic carbocycles. The second-order valence-corrected chi connectivity index (χ2v) is 11.4. The van der Waals surface area contributed by atoms with Crippen LogP contribution >= 0.6 is 0 Å². The summed E-state index contributed by atoms with van der Waals surface area (Å²) in [6, 6.07) is 49.8. The zero-order valence-corrected chi connectivity index (χ0v) is 23.1. The van der Waals surface area contributed by atoms with Crippen molar-refractivity contribution in [3.63, 3.8) is 0 Å². The van der Waals surface area contributed by atoms with Crippen LogP contribution in [-0.2, 0) is 5.41 Å². The van der Waals surface area contributed by atoms with Crippen LogP contribution < -0.4 is 4.90 Å². The third-order valence-corrected chi connectivity index (χ3v) is 8.67. The summed E-state index contributed by atoms with van der Waals surface area (Å²) in [4.78, 5) is 2.34. The van der Waals surface area contributed by atoms with Gasteiger partial charge in [0.25, 0.3) is 0 Å². The number of benzene rings is 6. The zero-order valence-electron chi connectivity index (χ0n) is 23.1. The molecule has 2 nitrogen and oxygen atoms in total. The lowest BCUT2D eigenvalue weighted by atomic mass is 9.82. The maximum absolute atomic E-state index is 6.58. The molecule has 0 amide bonds. The van der Waals surface area contributed by atoms with Crippen molar-refractivity contribution in [2.45, 2.75) is 19.3 Å². The van der Waals surface area contributed by atoms with E-state index in [1.54, 1.807) is 0 Å². The van der Waals surface area contributed by atoms with E-state index < -0.39 is 0 Å². The third kappa shape index (κ3) is 3.64. The molecular formula is C39H29NO. The molecule has 0 atom stereocenters. The van der Waals surface area contributed by atoms with E-state index >= 15 is 0 Å². The highest BCUT2D eigenvalue weighted by atomic mass is 16.3. The van der Waals surface area contributed by atoms with Gasteiger partial charge in [-0.15, -0.1) is 0 Å². The predicted molar refractivity (Wildman–Crippen MR) is 171 cm³/mol. The van der Waals surface area contributed by atoms with E-state index in [1.165, 1.54) is 33.4 Å². The maximum Gasteiger partial charge on any atom is 0.137 e. The third-order valence-electron chi connectivity index (χ3n) is 8.67. The molecule has 0 saturated heterocycles. The van der Waals surface area contributed by atoms with Crippen LogP contribution in [0.1, 0.15) is 25.0 Å². The van der Waals surface area contributed by atoms with Crippen molar-refractivity contribution in [3.05, 3.63) is 151 Å². The summed E-state index contributed by atoms with van der Waals surface area (Å²) in [6.45, 7) is 4.63. The first-order valence-corrected chi connectivity index (χ1v) is 14.2. The first-order valence-electron chi connectivity index (χ1n) is 14.2. The Balaban J connectivity index is 1.36. The molecule has 1 heterocycles. The number of para-hydroxylation sites is 1. The van der Waals surface area contributed by atoms with Crippen molar-refractivity contribution in [2.75, 3.05) is 4.90 Å². The molecule has 1 aliphatic carbocycles. The van der Waals surface area contributed by atoms with Crippen LogP contribution in [0.4, 0.5) is 17.1 Å². The first kappa shape index (κ1) is 23.8. The highest BCUT2D eigenvalue weighted by Gasteiger charge is 2.36. The number of furan rings is 1. The van der Waals surface area contributed by atoms with E-state index in [0.717, 1.165) is 39.0 Å². The number of anilines is 3. The molecule has 8 rings (SSSR count). The molecule has 0 spiro atoms. The summed E-state index contributed by atoms with van der Waals surface area (Å²) in [5, 5.41) is 2.27. The second kappa shape index (κ2) is 8.97. The fraction of sp³-hybridized carbons (Fsp3) is 0.0769. The summed E-state index contributed by atoms with van der Waals surface area (Å²) in [6.07, 6.45) is 0. The lowest BCUT2D eigenvalue weighted by molar-refractivity contribution is 0.647. The number of hydrogen-bond acceptors (Lipinski definition) is 2. The normalized spacial score (nSPS) is 13.3. The van der Waals surface area contributed by atoms with Crippen LogP contribution in [0.25, 0.3) is 44.2 Å². The smallest absolute Gasteiger partial charge is 0.137 e. The quantitative estimate of drug-likeness (QED) is 0.226. The van der Waals surface area contributed by atoms with Gasteiger partial charge in [0.1, 0.15) is 11.2 Å². The number of fused-ring (bicyclic) bond motifs is 6. The van der Waals surface area contributed by atoms with Crippen molar-refractivity contribution in [1.82, 2.24) is 0 Å². The molecule has 0 radical (unpaired) electrons. The van der Waals surface area contributed by atoms with Crippen LogP contribution in [0.15, 0.2) is 144 Å². The molecule has 0 N–H and O–H groups in total. The van der Waals surface area contributed by atoms with Gasteiger partial charge in [0.05, 0.1) is 11.1 Å². The van der Waals surface area contributed by atoms with Crippen LogP contribution in [-0.4, -0.2) is 0 Å². The molecule has 0 fully saturated rings.